The van der Waals surface area contributed by atoms with Gasteiger partial charge < -0.3 is 4.72 Å². The molecular weight excluding hydrogens is 276 g/mol. The van der Waals surface area contributed by atoms with Crippen molar-refractivity contribution >= 4 is 23.4 Å². The van der Waals surface area contributed by atoms with Gasteiger partial charge in [0.15, 0.2) is 0 Å². The Balaban J connectivity index is 1.81. The Labute approximate surface area is 128 Å². The molecule has 4 rings (SSSR count). The van der Waals surface area contributed by atoms with Gasteiger partial charge in [-0.05, 0) is 17.2 Å². The molecule has 0 saturated carbocycles. The maximum atomic E-state index is 3.26. The van der Waals surface area contributed by atoms with E-state index < -0.39 is 0 Å². The van der Waals surface area contributed by atoms with Crippen LogP contribution in [0.25, 0.3) is 11.3 Å². The Kier molecular flexibility index (Phi) is 3.05. The molecule has 0 amide bonds. The van der Waals surface area contributed by atoms with Gasteiger partial charge in [-0.25, -0.2) is 0 Å². The molecule has 2 heterocycles. The molecule has 102 valence electrons. The van der Waals surface area contributed by atoms with Crippen LogP contribution >= 0.6 is 12.1 Å². The number of hydrogen-bond donors (Lipinski definition) is 1. The summed E-state index contributed by atoms with van der Waals surface area (Å²) in [5, 5.41) is 0. The summed E-state index contributed by atoms with van der Waals surface area (Å²) in [5.41, 5.74) is 6.11. The molecule has 21 heavy (non-hydrogen) atoms. The van der Waals surface area contributed by atoms with Gasteiger partial charge in [0.05, 0.1) is 23.5 Å². The molecule has 3 heteroatoms. The third kappa shape index (κ3) is 2.16. The average Bonchev–Trinajstić information content (AvgIpc) is 3.05. The van der Waals surface area contributed by atoms with Gasteiger partial charge in [0.25, 0.3) is 0 Å². The monoisotopic (exact) mass is 290 g/mol. The predicted molar refractivity (Wildman–Crippen MR) is 89.5 cm³/mol. The molecule has 0 spiro atoms. The number of fused-ring (bicyclic) bond motifs is 1. The van der Waals surface area contributed by atoms with Gasteiger partial charge in [0.1, 0.15) is 0 Å². The van der Waals surface area contributed by atoms with Crippen molar-refractivity contribution in [2.24, 2.45) is 0 Å². The Hall–Kier alpha value is -2.39. The lowest BCUT2D eigenvalue weighted by molar-refractivity contribution is 0.845. The molecule has 1 N–H and O–H groups in total. The van der Waals surface area contributed by atoms with Crippen LogP contribution in [-0.4, -0.2) is 4.31 Å². The highest BCUT2D eigenvalue weighted by atomic mass is 32.2. The van der Waals surface area contributed by atoms with Crippen LogP contribution in [0.3, 0.4) is 0 Å². The van der Waals surface area contributed by atoms with Crippen molar-refractivity contribution in [1.29, 1.82) is 0 Å². The largest absolute Gasteiger partial charge is 0.316 e. The van der Waals surface area contributed by atoms with Crippen LogP contribution in [0.15, 0.2) is 84.7 Å². The first-order valence-electron chi connectivity index (χ1n) is 6.89. The second kappa shape index (κ2) is 5.19. The highest BCUT2D eigenvalue weighted by Gasteiger charge is 2.27. The minimum absolute atomic E-state index is 1.20. The quantitative estimate of drug-likeness (QED) is 0.823. The summed E-state index contributed by atoms with van der Waals surface area (Å²) < 4.78 is 5.51. The first-order valence-corrected chi connectivity index (χ1v) is 7.67. The molecule has 0 aromatic heterocycles. The van der Waals surface area contributed by atoms with Crippen molar-refractivity contribution in [2.45, 2.75) is 0 Å². The lowest BCUT2D eigenvalue weighted by atomic mass is 9.98. The number of rotatable bonds is 2. The van der Waals surface area contributed by atoms with Crippen LogP contribution in [0.2, 0.25) is 0 Å². The standard InChI is InChI=1S/C18H14N2S/c1-3-7-14(8-4-1)16-11-12-17(15-9-5-2-6-10-15)20-18(16)13-19-21-20/h1-13,19H. The SMILES string of the molecule is C1=C(c2ccccc2)C2=CNSN2C(c2ccccc2)=C1. The zero-order valence-electron chi connectivity index (χ0n) is 11.4. The number of nitrogens with zero attached hydrogens (tertiary/aromatic N) is 1. The molecule has 0 aliphatic carbocycles. The van der Waals surface area contributed by atoms with Crippen LogP contribution in [0.1, 0.15) is 11.1 Å². The fraction of sp³-hybridized carbons (Fsp3) is 0. The minimum atomic E-state index is 1.20. The summed E-state index contributed by atoms with van der Waals surface area (Å²) >= 11 is 1.61. The number of hydrogen-bond acceptors (Lipinski definition) is 3. The van der Waals surface area contributed by atoms with Gasteiger partial charge in [-0.2, -0.15) is 0 Å². The van der Waals surface area contributed by atoms with E-state index in [0.717, 1.165) is 0 Å². The van der Waals surface area contributed by atoms with E-state index in [2.05, 4.69) is 75.9 Å². The summed E-state index contributed by atoms with van der Waals surface area (Å²) in [7, 11) is 0. The van der Waals surface area contributed by atoms with Crippen molar-refractivity contribution in [3.8, 4) is 0 Å². The summed E-state index contributed by atoms with van der Waals surface area (Å²) in [6.45, 7) is 0. The fourth-order valence-corrected chi connectivity index (χ4v) is 3.39. The molecular formula is C18H14N2S. The van der Waals surface area contributed by atoms with Crippen LogP contribution in [-0.2, 0) is 0 Å². The van der Waals surface area contributed by atoms with Crippen LogP contribution < -0.4 is 4.72 Å². The minimum Gasteiger partial charge on any atom is -0.316 e. The lowest BCUT2D eigenvalue weighted by Crippen LogP contribution is -2.15. The lowest BCUT2D eigenvalue weighted by Gasteiger charge is -2.27. The highest BCUT2D eigenvalue weighted by Crippen LogP contribution is 2.42. The van der Waals surface area contributed by atoms with E-state index in [1.165, 1.54) is 28.1 Å². The Morgan fingerprint density at radius 3 is 2.10 bits per heavy atom. The summed E-state index contributed by atoms with van der Waals surface area (Å²) in [6.07, 6.45) is 6.46. The molecule has 2 nitrogen and oxygen atoms in total. The van der Waals surface area contributed by atoms with Crippen LogP contribution in [0, 0.1) is 0 Å². The second-order valence-corrected chi connectivity index (χ2v) is 5.68. The first-order chi connectivity index (χ1) is 10.4. The van der Waals surface area contributed by atoms with Crippen LogP contribution in [0.4, 0.5) is 0 Å². The van der Waals surface area contributed by atoms with Crippen molar-refractivity contribution < 1.29 is 0 Å². The van der Waals surface area contributed by atoms with Gasteiger partial charge in [0, 0.05) is 11.8 Å². The van der Waals surface area contributed by atoms with Gasteiger partial charge in [-0.3, -0.25) is 4.31 Å². The van der Waals surface area contributed by atoms with E-state index in [0.29, 0.717) is 0 Å². The van der Waals surface area contributed by atoms with E-state index in [1.807, 2.05) is 12.1 Å². The maximum absolute atomic E-state index is 3.26. The molecule has 2 aromatic rings. The Morgan fingerprint density at radius 2 is 1.38 bits per heavy atom. The molecule has 0 atom stereocenters. The molecule has 0 unspecified atom stereocenters. The topological polar surface area (TPSA) is 15.3 Å². The molecule has 0 fully saturated rings. The average molecular weight is 290 g/mol. The third-order valence-corrected chi connectivity index (χ3v) is 4.41. The highest BCUT2D eigenvalue weighted by molar-refractivity contribution is 7.95. The number of allylic oxidation sites excluding steroid dienone is 3. The third-order valence-electron chi connectivity index (χ3n) is 3.62. The molecule has 0 saturated heterocycles. The zero-order valence-corrected chi connectivity index (χ0v) is 12.2. The number of benzene rings is 2. The van der Waals surface area contributed by atoms with Gasteiger partial charge >= 0.3 is 0 Å². The van der Waals surface area contributed by atoms with E-state index >= 15 is 0 Å². The van der Waals surface area contributed by atoms with Crippen LogP contribution in [0.5, 0.6) is 0 Å². The molecule has 2 aliphatic rings. The molecule has 0 bridgehead atoms. The molecule has 0 radical (unpaired) electrons. The van der Waals surface area contributed by atoms with E-state index in [-0.39, 0.29) is 0 Å². The smallest absolute Gasteiger partial charge is 0.0786 e. The van der Waals surface area contributed by atoms with E-state index in [9.17, 15) is 0 Å². The van der Waals surface area contributed by atoms with Gasteiger partial charge in [-0.1, -0.05) is 66.7 Å². The van der Waals surface area contributed by atoms with Gasteiger partial charge in [-0.15, -0.1) is 0 Å². The van der Waals surface area contributed by atoms with Gasteiger partial charge in [0.2, 0.25) is 0 Å². The van der Waals surface area contributed by atoms with Crippen molar-refractivity contribution in [3.05, 3.63) is 95.8 Å². The maximum Gasteiger partial charge on any atom is 0.0786 e. The van der Waals surface area contributed by atoms with Crippen molar-refractivity contribution in [3.63, 3.8) is 0 Å². The normalized spacial score (nSPS) is 16.6. The zero-order chi connectivity index (χ0) is 14.1. The van der Waals surface area contributed by atoms with E-state index in [4.69, 9.17) is 0 Å². The Morgan fingerprint density at radius 1 is 0.714 bits per heavy atom. The second-order valence-electron chi connectivity index (χ2n) is 4.90. The fourth-order valence-electron chi connectivity index (χ4n) is 2.61. The van der Waals surface area contributed by atoms with Crippen molar-refractivity contribution in [1.82, 2.24) is 9.03 Å². The summed E-state index contributed by atoms with van der Waals surface area (Å²) in [6, 6.07) is 21.0. The molecule has 2 aromatic carbocycles. The number of nitrogens with one attached hydrogen (secondary N) is 1. The molecule has 2 aliphatic heterocycles. The first kappa shape index (κ1) is 12.4. The predicted octanol–water partition coefficient (Wildman–Crippen LogP) is 4.43. The summed E-state index contributed by atoms with van der Waals surface area (Å²) in [4.78, 5) is 0. The summed E-state index contributed by atoms with van der Waals surface area (Å²) in [5.74, 6) is 0. The van der Waals surface area contributed by atoms with E-state index in [1.54, 1.807) is 12.1 Å². The Bertz CT molecular complexity index is 745. The van der Waals surface area contributed by atoms with Crippen molar-refractivity contribution in [2.75, 3.05) is 0 Å².